The van der Waals surface area contributed by atoms with Gasteiger partial charge < -0.3 is 9.84 Å². The Kier molecular flexibility index (Phi) is 4.12. The molecule has 0 bridgehead atoms. The van der Waals surface area contributed by atoms with Crippen LogP contribution in [0.3, 0.4) is 0 Å². The van der Waals surface area contributed by atoms with E-state index in [9.17, 15) is 0 Å². The molecule has 1 fully saturated rings. The summed E-state index contributed by atoms with van der Waals surface area (Å²) in [5, 5.41) is 7.05. The molecule has 5 heteroatoms. The van der Waals surface area contributed by atoms with Gasteiger partial charge >= 0.3 is 0 Å². The molecule has 2 rings (SSSR count). The third kappa shape index (κ3) is 3.04. The number of likely N-dealkylation sites (tertiary alicyclic amines) is 1. The molecule has 1 aromatic heterocycles. The Morgan fingerprint density at radius 1 is 1.53 bits per heavy atom. The van der Waals surface area contributed by atoms with Crippen LogP contribution in [0.4, 0.5) is 0 Å². The van der Waals surface area contributed by atoms with Gasteiger partial charge in [0.05, 0.1) is 6.54 Å². The Hall–Kier alpha value is -0.940. The van der Waals surface area contributed by atoms with Gasteiger partial charge in [-0.2, -0.15) is 4.98 Å². The normalized spacial score (nSPS) is 21.5. The summed E-state index contributed by atoms with van der Waals surface area (Å²) < 4.78 is 5.17. The maximum atomic E-state index is 5.17. The van der Waals surface area contributed by atoms with Gasteiger partial charge in [-0.3, -0.25) is 4.90 Å². The highest BCUT2D eigenvalue weighted by atomic mass is 16.5. The van der Waals surface area contributed by atoms with Gasteiger partial charge in [-0.15, -0.1) is 0 Å². The zero-order chi connectivity index (χ0) is 12.3. The maximum absolute atomic E-state index is 5.17. The van der Waals surface area contributed by atoms with Crippen LogP contribution in [-0.4, -0.2) is 40.7 Å². The van der Waals surface area contributed by atoms with Crippen molar-refractivity contribution in [3.05, 3.63) is 11.7 Å². The topological polar surface area (TPSA) is 54.2 Å². The molecular formula is C12H22N4O. The molecule has 2 heterocycles. The molecular weight excluding hydrogens is 216 g/mol. The van der Waals surface area contributed by atoms with Gasteiger partial charge in [0, 0.05) is 18.5 Å². The lowest BCUT2D eigenvalue weighted by Crippen LogP contribution is -2.36. The van der Waals surface area contributed by atoms with Crippen molar-refractivity contribution in [1.82, 2.24) is 20.4 Å². The van der Waals surface area contributed by atoms with E-state index in [4.69, 9.17) is 4.52 Å². The Labute approximate surface area is 103 Å². The number of rotatable bonds is 5. The summed E-state index contributed by atoms with van der Waals surface area (Å²) in [4.78, 5) is 6.93. The predicted molar refractivity (Wildman–Crippen MR) is 65.6 cm³/mol. The third-order valence-electron chi connectivity index (χ3n) is 3.34. The molecule has 0 aromatic carbocycles. The van der Waals surface area contributed by atoms with Crippen LogP contribution in [0.2, 0.25) is 0 Å². The summed E-state index contributed by atoms with van der Waals surface area (Å²) in [6, 6.07) is 1.18. The molecule has 1 atom stereocenters. The first-order chi connectivity index (χ1) is 8.20. The Morgan fingerprint density at radius 2 is 2.35 bits per heavy atom. The van der Waals surface area contributed by atoms with Gasteiger partial charge in [0.25, 0.3) is 0 Å². The van der Waals surface area contributed by atoms with E-state index in [1.165, 1.54) is 19.4 Å². The van der Waals surface area contributed by atoms with E-state index in [1.807, 2.05) is 7.05 Å². The van der Waals surface area contributed by atoms with Gasteiger partial charge in [-0.05, 0) is 40.3 Å². The highest BCUT2D eigenvalue weighted by molar-refractivity contribution is 4.93. The van der Waals surface area contributed by atoms with E-state index in [1.54, 1.807) is 0 Å². The van der Waals surface area contributed by atoms with Crippen molar-refractivity contribution < 1.29 is 4.52 Å². The predicted octanol–water partition coefficient (Wildman–Crippen LogP) is 1.20. The fourth-order valence-electron chi connectivity index (χ4n) is 2.56. The maximum Gasteiger partial charge on any atom is 0.240 e. The highest BCUT2D eigenvalue weighted by Crippen LogP contribution is 2.22. The first kappa shape index (κ1) is 12.5. The van der Waals surface area contributed by atoms with Crippen molar-refractivity contribution in [3.8, 4) is 0 Å². The van der Waals surface area contributed by atoms with Crippen molar-refractivity contribution in [2.75, 3.05) is 13.6 Å². The van der Waals surface area contributed by atoms with Crippen LogP contribution < -0.4 is 5.32 Å². The minimum absolute atomic E-state index is 0.579. The SMILES string of the molecule is CNCc1nc(CC2CCCN2C(C)C)no1. The number of aromatic nitrogens is 2. The molecule has 0 saturated carbocycles. The van der Waals surface area contributed by atoms with Gasteiger partial charge in [-0.25, -0.2) is 0 Å². The zero-order valence-electron chi connectivity index (χ0n) is 10.9. The van der Waals surface area contributed by atoms with E-state index in [2.05, 4.69) is 34.2 Å². The Morgan fingerprint density at radius 3 is 3.06 bits per heavy atom. The lowest BCUT2D eigenvalue weighted by molar-refractivity contribution is 0.200. The monoisotopic (exact) mass is 238 g/mol. The first-order valence-electron chi connectivity index (χ1n) is 6.42. The number of nitrogens with one attached hydrogen (secondary N) is 1. The van der Waals surface area contributed by atoms with E-state index in [0.29, 0.717) is 24.5 Å². The minimum atomic E-state index is 0.579. The lowest BCUT2D eigenvalue weighted by Gasteiger charge is -2.27. The number of hydrogen-bond donors (Lipinski definition) is 1. The van der Waals surface area contributed by atoms with Crippen LogP contribution in [0.15, 0.2) is 4.52 Å². The molecule has 1 unspecified atom stereocenters. The van der Waals surface area contributed by atoms with Crippen molar-refractivity contribution in [1.29, 1.82) is 0 Å². The fourth-order valence-corrected chi connectivity index (χ4v) is 2.56. The van der Waals surface area contributed by atoms with Crippen molar-refractivity contribution in [2.24, 2.45) is 0 Å². The molecule has 0 aliphatic carbocycles. The van der Waals surface area contributed by atoms with Crippen LogP contribution in [0, 0.1) is 0 Å². The molecule has 17 heavy (non-hydrogen) atoms. The van der Waals surface area contributed by atoms with Crippen molar-refractivity contribution in [3.63, 3.8) is 0 Å². The second-order valence-electron chi connectivity index (χ2n) is 4.97. The average Bonchev–Trinajstić information content (AvgIpc) is 2.89. The summed E-state index contributed by atoms with van der Waals surface area (Å²) in [5.74, 6) is 1.52. The van der Waals surface area contributed by atoms with Gasteiger partial charge in [-0.1, -0.05) is 5.16 Å². The van der Waals surface area contributed by atoms with E-state index in [0.717, 1.165) is 12.2 Å². The smallest absolute Gasteiger partial charge is 0.240 e. The molecule has 1 saturated heterocycles. The van der Waals surface area contributed by atoms with Crippen LogP contribution >= 0.6 is 0 Å². The molecule has 1 aromatic rings. The molecule has 0 amide bonds. The highest BCUT2D eigenvalue weighted by Gasteiger charge is 2.27. The van der Waals surface area contributed by atoms with Gasteiger partial charge in [0.1, 0.15) is 0 Å². The second-order valence-corrected chi connectivity index (χ2v) is 4.97. The van der Waals surface area contributed by atoms with Crippen LogP contribution in [0.1, 0.15) is 38.4 Å². The summed E-state index contributed by atoms with van der Waals surface area (Å²) in [6.07, 6.45) is 3.43. The molecule has 1 aliphatic rings. The molecule has 96 valence electrons. The van der Waals surface area contributed by atoms with E-state index < -0.39 is 0 Å². The van der Waals surface area contributed by atoms with E-state index >= 15 is 0 Å². The number of hydrogen-bond acceptors (Lipinski definition) is 5. The summed E-state index contributed by atoms with van der Waals surface area (Å²) >= 11 is 0. The first-order valence-corrected chi connectivity index (χ1v) is 6.42. The minimum Gasteiger partial charge on any atom is -0.338 e. The molecule has 1 N–H and O–H groups in total. The Balaban J connectivity index is 1.95. The third-order valence-corrected chi connectivity index (χ3v) is 3.34. The molecule has 1 aliphatic heterocycles. The fraction of sp³-hybridized carbons (Fsp3) is 0.833. The van der Waals surface area contributed by atoms with Crippen molar-refractivity contribution >= 4 is 0 Å². The number of nitrogens with zero attached hydrogens (tertiary/aromatic N) is 3. The average molecular weight is 238 g/mol. The summed E-state index contributed by atoms with van der Waals surface area (Å²) in [7, 11) is 1.88. The zero-order valence-corrected chi connectivity index (χ0v) is 10.9. The van der Waals surface area contributed by atoms with Crippen LogP contribution in [0.25, 0.3) is 0 Å². The molecule has 0 spiro atoms. The largest absolute Gasteiger partial charge is 0.338 e. The lowest BCUT2D eigenvalue weighted by atomic mass is 10.1. The van der Waals surface area contributed by atoms with Crippen molar-refractivity contribution in [2.45, 2.75) is 51.7 Å². The second kappa shape index (κ2) is 5.60. The van der Waals surface area contributed by atoms with Crippen LogP contribution in [-0.2, 0) is 13.0 Å². The standard InChI is InChI=1S/C12H22N4O/c1-9(2)16-6-4-5-10(16)7-11-14-12(8-13-3)17-15-11/h9-10,13H,4-8H2,1-3H3. The van der Waals surface area contributed by atoms with Crippen LogP contribution in [0.5, 0.6) is 0 Å². The molecule has 5 nitrogen and oxygen atoms in total. The Bertz CT molecular complexity index is 350. The summed E-state index contributed by atoms with van der Waals surface area (Å²) in [5.41, 5.74) is 0. The molecule has 0 radical (unpaired) electrons. The summed E-state index contributed by atoms with van der Waals surface area (Å²) in [6.45, 7) is 6.34. The van der Waals surface area contributed by atoms with E-state index in [-0.39, 0.29) is 0 Å². The quantitative estimate of drug-likeness (QED) is 0.835. The van der Waals surface area contributed by atoms with Gasteiger partial charge in [0.15, 0.2) is 5.82 Å². The van der Waals surface area contributed by atoms with Gasteiger partial charge in [0.2, 0.25) is 5.89 Å².